The smallest absolute Gasteiger partial charge is 0.287 e. The van der Waals surface area contributed by atoms with Gasteiger partial charge in [0.1, 0.15) is 11.3 Å². The highest BCUT2D eigenvalue weighted by Crippen LogP contribution is 2.28. The van der Waals surface area contributed by atoms with Gasteiger partial charge in [-0.05, 0) is 43.5 Å². The summed E-state index contributed by atoms with van der Waals surface area (Å²) in [5.41, 5.74) is 2.77. The highest BCUT2D eigenvalue weighted by molar-refractivity contribution is 7.98. The number of nitrogens with one attached hydrogen (secondary N) is 1. The third-order valence-corrected chi connectivity index (χ3v) is 4.59. The topological polar surface area (TPSA) is 68.3 Å². The van der Waals surface area contributed by atoms with Crippen LogP contribution in [-0.4, -0.2) is 16.9 Å². The molecule has 1 saturated carbocycles. The molecule has 5 nitrogen and oxygen atoms in total. The molecule has 1 amide bonds. The second-order valence-corrected chi connectivity index (χ2v) is 6.63. The van der Waals surface area contributed by atoms with E-state index in [0.717, 1.165) is 35.3 Å². The maximum atomic E-state index is 11.9. The van der Waals surface area contributed by atoms with Crippen molar-refractivity contribution in [2.24, 2.45) is 0 Å². The minimum atomic E-state index is -0.138. The van der Waals surface area contributed by atoms with Gasteiger partial charge in [0.05, 0.1) is 5.75 Å². The van der Waals surface area contributed by atoms with Crippen LogP contribution in [0.2, 0.25) is 0 Å². The van der Waals surface area contributed by atoms with Gasteiger partial charge in [0.2, 0.25) is 0 Å². The number of oxazole rings is 1. The monoisotopic (exact) mass is 328 g/mol. The summed E-state index contributed by atoms with van der Waals surface area (Å²) < 4.78 is 11.3. The van der Waals surface area contributed by atoms with Crippen molar-refractivity contribution in [1.29, 1.82) is 0 Å². The van der Waals surface area contributed by atoms with Crippen LogP contribution >= 0.6 is 11.8 Å². The SMILES string of the molecule is Cc1cccc2oc(SCc3ccc(C(=O)NC4CC4)o3)nc12. The number of thioether (sulfide) groups is 1. The molecule has 3 aromatic rings. The van der Waals surface area contributed by atoms with Crippen molar-refractivity contribution < 1.29 is 13.6 Å². The van der Waals surface area contributed by atoms with Crippen molar-refractivity contribution in [2.45, 2.75) is 36.8 Å². The Kier molecular flexibility index (Phi) is 3.61. The van der Waals surface area contributed by atoms with E-state index in [0.29, 0.717) is 22.8 Å². The van der Waals surface area contributed by atoms with Crippen LogP contribution in [-0.2, 0) is 5.75 Å². The summed E-state index contributed by atoms with van der Waals surface area (Å²) in [5.74, 6) is 1.53. The predicted octanol–water partition coefficient (Wildman–Crippen LogP) is 3.91. The average molecular weight is 328 g/mol. The molecule has 2 aromatic heterocycles. The first-order chi connectivity index (χ1) is 11.2. The molecule has 0 aliphatic heterocycles. The van der Waals surface area contributed by atoms with Gasteiger partial charge in [0.25, 0.3) is 11.1 Å². The maximum absolute atomic E-state index is 11.9. The number of aryl methyl sites for hydroxylation is 1. The van der Waals surface area contributed by atoms with Crippen LogP contribution in [0.5, 0.6) is 0 Å². The first-order valence-corrected chi connectivity index (χ1v) is 8.56. The van der Waals surface area contributed by atoms with Gasteiger partial charge in [0, 0.05) is 6.04 Å². The van der Waals surface area contributed by atoms with Crippen LogP contribution in [0.15, 0.2) is 44.4 Å². The summed E-state index contributed by atoms with van der Waals surface area (Å²) in [6.45, 7) is 2.01. The van der Waals surface area contributed by atoms with E-state index < -0.39 is 0 Å². The van der Waals surface area contributed by atoms with Gasteiger partial charge in [0.15, 0.2) is 11.3 Å². The minimum absolute atomic E-state index is 0.138. The van der Waals surface area contributed by atoms with E-state index >= 15 is 0 Å². The molecular weight excluding hydrogens is 312 g/mol. The Labute approximate surface area is 137 Å². The molecule has 0 bridgehead atoms. The van der Waals surface area contributed by atoms with Crippen molar-refractivity contribution in [3.05, 3.63) is 47.4 Å². The third kappa shape index (κ3) is 3.12. The highest BCUT2D eigenvalue weighted by Gasteiger charge is 2.25. The van der Waals surface area contributed by atoms with Crippen LogP contribution in [0.4, 0.5) is 0 Å². The zero-order valence-electron chi connectivity index (χ0n) is 12.7. The summed E-state index contributed by atoms with van der Waals surface area (Å²) in [5, 5.41) is 3.52. The van der Waals surface area contributed by atoms with E-state index in [1.807, 2.05) is 31.2 Å². The number of rotatable bonds is 5. The van der Waals surface area contributed by atoms with Crippen molar-refractivity contribution in [2.75, 3.05) is 0 Å². The third-order valence-electron chi connectivity index (χ3n) is 3.74. The van der Waals surface area contributed by atoms with Crippen LogP contribution in [0.3, 0.4) is 0 Å². The standard InChI is InChI=1S/C17H16N2O3S/c1-10-3-2-4-13-15(10)19-17(22-13)23-9-12-7-8-14(21-12)16(20)18-11-5-6-11/h2-4,7-8,11H,5-6,9H2,1H3,(H,18,20). The number of nitrogens with zero attached hydrogens (tertiary/aromatic N) is 1. The molecular formula is C17H16N2O3S. The lowest BCUT2D eigenvalue weighted by molar-refractivity contribution is 0.0922. The lowest BCUT2D eigenvalue weighted by Crippen LogP contribution is -2.24. The molecule has 0 spiro atoms. The first-order valence-electron chi connectivity index (χ1n) is 7.57. The predicted molar refractivity (Wildman–Crippen MR) is 87.5 cm³/mol. The lowest BCUT2D eigenvalue weighted by Gasteiger charge is -1.99. The Morgan fingerprint density at radius 2 is 2.17 bits per heavy atom. The van der Waals surface area contributed by atoms with Gasteiger partial charge in [-0.1, -0.05) is 23.9 Å². The zero-order valence-corrected chi connectivity index (χ0v) is 13.5. The van der Waals surface area contributed by atoms with Gasteiger partial charge >= 0.3 is 0 Å². The zero-order chi connectivity index (χ0) is 15.8. The average Bonchev–Trinajstić information content (AvgIpc) is 3.07. The number of amides is 1. The molecule has 1 aliphatic rings. The van der Waals surface area contributed by atoms with E-state index in [4.69, 9.17) is 8.83 Å². The van der Waals surface area contributed by atoms with Crippen LogP contribution in [0, 0.1) is 6.92 Å². The fourth-order valence-electron chi connectivity index (χ4n) is 2.32. The number of carbonyl (C=O) groups is 1. The Morgan fingerprint density at radius 3 is 2.96 bits per heavy atom. The van der Waals surface area contributed by atoms with Crippen LogP contribution in [0.25, 0.3) is 11.1 Å². The van der Waals surface area contributed by atoms with Crippen molar-refractivity contribution in [3.63, 3.8) is 0 Å². The van der Waals surface area contributed by atoms with Crippen LogP contribution in [0.1, 0.15) is 34.7 Å². The van der Waals surface area contributed by atoms with Gasteiger partial charge in [-0.15, -0.1) is 0 Å². The maximum Gasteiger partial charge on any atom is 0.287 e. The quantitative estimate of drug-likeness (QED) is 0.719. The normalized spacial score (nSPS) is 14.3. The number of aromatic nitrogens is 1. The summed E-state index contributed by atoms with van der Waals surface area (Å²) in [7, 11) is 0. The van der Waals surface area contributed by atoms with E-state index in [-0.39, 0.29) is 5.91 Å². The molecule has 0 unspecified atom stereocenters. The summed E-state index contributed by atoms with van der Waals surface area (Å²) in [6.07, 6.45) is 2.12. The van der Waals surface area contributed by atoms with Gasteiger partial charge in [-0.3, -0.25) is 4.79 Å². The fourth-order valence-corrected chi connectivity index (χ4v) is 3.05. The van der Waals surface area contributed by atoms with Gasteiger partial charge < -0.3 is 14.2 Å². The number of hydrogen-bond acceptors (Lipinski definition) is 5. The molecule has 0 saturated heterocycles. The van der Waals surface area contributed by atoms with E-state index in [2.05, 4.69) is 10.3 Å². The molecule has 118 valence electrons. The molecule has 4 rings (SSSR count). The number of benzene rings is 1. The lowest BCUT2D eigenvalue weighted by atomic mass is 10.2. The van der Waals surface area contributed by atoms with E-state index in [1.165, 1.54) is 11.8 Å². The Balaban J connectivity index is 1.42. The number of hydrogen-bond donors (Lipinski definition) is 1. The Morgan fingerprint density at radius 1 is 1.30 bits per heavy atom. The molecule has 23 heavy (non-hydrogen) atoms. The molecule has 2 heterocycles. The summed E-state index contributed by atoms with van der Waals surface area (Å²) in [4.78, 5) is 16.4. The summed E-state index contributed by atoms with van der Waals surface area (Å²) in [6, 6.07) is 9.73. The fraction of sp³-hybridized carbons (Fsp3) is 0.294. The van der Waals surface area contributed by atoms with E-state index in [1.54, 1.807) is 6.07 Å². The molecule has 1 aliphatic carbocycles. The minimum Gasteiger partial charge on any atom is -0.455 e. The number of fused-ring (bicyclic) bond motifs is 1. The molecule has 6 heteroatoms. The largest absolute Gasteiger partial charge is 0.455 e. The molecule has 1 N–H and O–H groups in total. The van der Waals surface area contributed by atoms with Crippen LogP contribution < -0.4 is 5.32 Å². The summed E-state index contributed by atoms with van der Waals surface area (Å²) >= 11 is 1.46. The Bertz CT molecular complexity index is 864. The van der Waals surface area contributed by atoms with Gasteiger partial charge in [-0.25, -0.2) is 4.98 Å². The molecule has 1 aromatic carbocycles. The first kappa shape index (κ1) is 14.4. The van der Waals surface area contributed by atoms with E-state index in [9.17, 15) is 4.79 Å². The van der Waals surface area contributed by atoms with Crippen molar-refractivity contribution >= 4 is 28.8 Å². The molecule has 1 fully saturated rings. The number of furan rings is 1. The number of para-hydroxylation sites is 1. The Hall–Kier alpha value is -2.21. The second-order valence-electron chi connectivity index (χ2n) is 5.70. The second kappa shape index (κ2) is 5.77. The van der Waals surface area contributed by atoms with Crippen molar-refractivity contribution in [1.82, 2.24) is 10.3 Å². The highest BCUT2D eigenvalue weighted by atomic mass is 32.2. The molecule has 0 atom stereocenters. The number of carbonyl (C=O) groups excluding carboxylic acids is 1. The molecule has 0 radical (unpaired) electrons. The van der Waals surface area contributed by atoms with Gasteiger partial charge in [-0.2, -0.15) is 0 Å². The van der Waals surface area contributed by atoms with Crippen molar-refractivity contribution in [3.8, 4) is 0 Å².